The van der Waals surface area contributed by atoms with E-state index in [0.717, 1.165) is 38.0 Å². The molecule has 11 nitrogen and oxygen atoms in total. The number of aromatic nitrogens is 3. The number of pyridine rings is 1. The Morgan fingerprint density at radius 3 is 2.33 bits per heavy atom. The van der Waals surface area contributed by atoms with Gasteiger partial charge < -0.3 is 15.1 Å². The van der Waals surface area contributed by atoms with Gasteiger partial charge in [-0.2, -0.15) is 0 Å². The van der Waals surface area contributed by atoms with Gasteiger partial charge in [-0.25, -0.2) is 14.4 Å². The van der Waals surface area contributed by atoms with E-state index in [9.17, 15) is 14.4 Å². The first-order valence-corrected chi connectivity index (χ1v) is 17.1. The number of likely N-dealkylation sites (tertiary alicyclic amines) is 1. The Balaban J connectivity index is 0.890. The van der Waals surface area contributed by atoms with Crippen LogP contribution < -0.4 is 15.5 Å². The highest BCUT2D eigenvalue weighted by Crippen LogP contribution is 2.38. The summed E-state index contributed by atoms with van der Waals surface area (Å²) in [4.78, 5) is 56.5. The third-order valence-electron chi connectivity index (χ3n) is 10.4. The summed E-state index contributed by atoms with van der Waals surface area (Å²) in [6.45, 7) is 8.38. The molecule has 4 aliphatic rings. The van der Waals surface area contributed by atoms with Crippen molar-refractivity contribution in [2.45, 2.75) is 89.1 Å². The van der Waals surface area contributed by atoms with Crippen LogP contribution in [0, 0.1) is 0 Å². The number of rotatable bonds is 8. The molecule has 1 unspecified atom stereocenters. The molecule has 2 N–H and O–H groups in total. The fraction of sp³-hybridized carbons (Fsp3) is 0.500. The summed E-state index contributed by atoms with van der Waals surface area (Å²) in [6, 6.07) is 10.1. The number of carbonyl (C=O) groups excluding carboxylic acids is 3. The van der Waals surface area contributed by atoms with E-state index in [1.54, 1.807) is 6.07 Å². The normalized spacial score (nSPS) is 21.8. The number of piperidine rings is 3. The summed E-state index contributed by atoms with van der Waals surface area (Å²) in [5, 5.41) is 5.81. The fourth-order valence-electron chi connectivity index (χ4n) is 7.27. The average molecular weight is 655 g/mol. The molecule has 3 fully saturated rings. The predicted octanol–water partition coefficient (Wildman–Crippen LogP) is 4.30. The number of hydrogen-bond acceptors (Lipinski definition) is 9. The molecule has 4 aliphatic heterocycles. The Labute approximate surface area is 280 Å². The third kappa shape index (κ3) is 6.63. The summed E-state index contributed by atoms with van der Waals surface area (Å²) in [5.74, 6) is 0.0284. The Morgan fingerprint density at radius 1 is 0.958 bits per heavy atom. The number of carbonyl (C=O) groups is 3. The highest BCUT2D eigenvalue weighted by Gasteiger charge is 2.42. The lowest BCUT2D eigenvalue weighted by atomic mass is 9.88. The molecule has 48 heavy (non-hydrogen) atoms. The van der Waals surface area contributed by atoms with Crippen LogP contribution in [0.25, 0.3) is 0 Å². The summed E-state index contributed by atoms with van der Waals surface area (Å²) in [6.07, 6.45) is 8.42. The smallest absolute Gasteiger partial charge is 0.256 e. The number of hydrogen-bond donors (Lipinski definition) is 2. The van der Waals surface area contributed by atoms with Crippen molar-refractivity contribution < 1.29 is 18.8 Å². The number of nitrogens with zero attached hydrogens (tertiary/aromatic N) is 6. The van der Waals surface area contributed by atoms with Crippen LogP contribution in [0.1, 0.15) is 91.0 Å². The van der Waals surface area contributed by atoms with Crippen LogP contribution in [-0.2, 0) is 28.3 Å². The van der Waals surface area contributed by atoms with Crippen LogP contribution in [-0.4, -0.2) is 80.7 Å². The molecule has 3 aromatic rings. The van der Waals surface area contributed by atoms with Crippen LogP contribution >= 0.6 is 0 Å². The van der Waals surface area contributed by atoms with E-state index in [1.807, 2.05) is 12.4 Å². The monoisotopic (exact) mass is 654 g/mol. The molecule has 3 saturated heterocycles. The highest BCUT2D eigenvalue weighted by atomic mass is 19.1. The fourth-order valence-corrected chi connectivity index (χ4v) is 7.27. The number of nitrogens with one attached hydrogen (secondary N) is 2. The van der Waals surface area contributed by atoms with Gasteiger partial charge in [-0.05, 0) is 72.9 Å². The van der Waals surface area contributed by atoms with Crippen LogP contribution in [0.4, 0.5) is 16.0 Å². The van der Waals surface area contributed by atoms with Gasteiger partial charge in [-0.1, -0.05) is 26.0 Å². The van der Waals surface area contributed by atoms with Crippen molar-refractivity contribution in [2.24, 2.45) is 0 Å². The van der Waals surface area contributed by atoms with Crippen LogP contribution in [0.5, 0.6) is 0 Å². The molecule has 1 atom stereocenters. The second kappa shape index (κ2) is 13.2. The number of benzene rings is 1. The summed E-state index contributed by atoms with van der Waals surface area (Å²) in [5.41, 5.74) is 3.41. The molecule has 12 heteroatoms. The summed E-state index contributed by atoms with van der Waals surface area (Å²) < 4.78 is 16.3. The van der Waals surface area contributed by atoms with Gasteiger partial charge in [0.05, 0.1) is 11.3 Å². The molecule has 2 aromatic heterocycles. The molecule has 7 rings (SSSR count). The standard InChI is InChI=1S/C36H43FN8O3/c1-23(2)26-18-39-35(40-19-26)41-27-9-13-44(14-10-27)28-5-3-24(4-6-28)21-43-15-11-36(37,12-16-43)31-17-25-22-45(34(48)29(25)20-38-31)30-7-8-32(46)42-33(30)47/h3-6,17-20,23,27,30H,7-16,21-22H2,1-2H3,(H,39,40,41)(H,42,46,47). The third-order valence-corrected chi connectivity index (χ3v) is 10.4. The minimum absolute atomic E-state index is 0.191. The molecule has 3 amide bonds. The average Bonchev–Trinajstić information content (AvgIpc) is 3.42. The molecule has 252 valence electrons. The SMILES string of the molecule is CC(C)c1cnc(NC2CCN(c3ccc(CN4CCC(F)(c5cc6c(cn5)C(=O)N(C5CCC(=O)NC5=O)C6)CC4)cc3)CC2)nc1. The lowest BCUT2D eigenvalue weighted by Gasteiger charge is -2.36. The molecule has 0 radical (unpaired) electrons. The first-order valence-electron chi connectivity index (χ1n) is 17.1. The van der Waals surface area contributed by atoms with E-state index < -0.39 is 17.6 Å². The number of anilines is 2. The highest BCUT2D eigenvalue weighted by molar-refractivity contribution is 6.05. The van der Waals surface area contributed by atoms with Crippen LogP contribution in [0.3, 0.4) is 0 Å². The maximum absolute atomic E-state index is 16.3. The van der Waals surface area contributed by atoms with Crippen LogP contribution in [0.15, 0.2) is 48.9 Å². The summed E-state index contributed by atoms with van der Waals surface area (Å²) in [7, 11) is 0. The van der Waals surface area contributed by atoms with Crippen molar-refractivity contribution in [1.29, 1.82) is 0 Å². The Hall–Kier alpha value is -4.45. The second-order valence-corrected chi connectivity index (χ2v) is 13.9. The van der Waals surface area contributed by atoms with Gasteiger partial charge in [0.1, 0.15) is 6.04 Å². The number of fused-ring (bicyclic) bond motifs is 1. The predicted molar refractivity (Wildman–Crippen MR) is 179 cm³/mol. The minimum Gasteiger partial charge on any atom is -0.371 e. The maximum Gasteiger partial charge on any atom is 0.256 e. The number of alkyl halides is 1. The van der Waals surface area contributed by atoms with Gasteiger partial charge in [0, 0.05) is 76.0 Å². The zero-order valence-electron chi connectivity index (χ0n) is 27.6. The summed E-state index contributed by atoms with van der Waals surface area (Å²) >= 11 is 0. The van der Waals surface area contributed by atoms with E-state index in [4.69, 9.17) is 0 Å². The molecule has 6 heterocycles. The zero-order valence-corrected chi connectivity index (χ0v) is 27.6. The van der Waals surface area contributed by atoms with Gasteiger partial charge in [-0.15, -0.1) is 0 Å². The molecular weight excluding hydrogens is 611 g/mol. The van der Waals surface area contributed by atoms with E-state index in [2.05, 4.69) is 73.5 Å². The lowest BCUT2D eigenvalue weighted by molar-refractivity contribution is -0.136. The van der Waals surface area contributed by atoms with E-state index in [-0.39, 0.29) is 31.2 Å². The molecular formula is C36H43FN8O3. The Kier molecular flexibility index (Phi) is 8.84. The lowest BCUT2D eigenvalue weighted by Crippen LogP contribution is -2.52. The van der Waals surface area contributed by atoms with Crippen molar-refractivity contribution in [3.63, 3.8) is 0 Å². The van der Waals surface area contributed by atoms with Crippen LogP contribution in [0.2, 0.25) is 0 Å². The topological polar surface area (TPSA) is 124 Å². The van der Waals surface area contributed by atoms with Gasteiger partial charge in [0.25, 0.3) is 5.91 Å². The van der Waals surface area contributed by atoms with Gasteiger partial charge in [-0.3, -0.25) is 29.6 Å². The second-order valence-electron chi connectivity index (χ2n) is 13.9. The van der Waals surface area contributed by atoms with Crippen molar-refractivity contribution in [1.82, 2.24) is 30.1 Å². The first kappa shape index (κ1) is 32.1. The van der Waals surface area contributed by atoms with Crippen molar-refractivity contribution in [3.8, 4) is 0 Å². The van der Waals surface area contributed by atoms with Gasteiger partial charge >= 0.3 is 0 Å². The van der Waals surface area contributed by atoms with Gasteiger partial charge in [0.15, 0.2) is 5.67 Å². The van der Waals surface area contributed by atoms with E-state index in [0.29, 0.717) is 60.7 Å². The van der Waals surface area contributed by atoms with Crippen molar-refractivity contribution in [2.75, 3.05) is 36.4 Å². The Bertz CT molecular complexity index is 1670. The molecule has 1 aromatic carbocycles. The van der Waals surface area contributed by atoms with Crippen molar-refractivity contribution in [3.05, 3.63) is 76.9 Å². The number of imide groups is 1. The molecule has 0 saturated carbocycles. The molecule has 0 bridgehead atoms. The molecule has 0 spiro atoms. The van der Waals surface area contributed by atoms with Gasteiger partial charge in [0.2, 0.25) is 17.8 Å². The minimum atomic E-state index is -1.58. The van der Waals surface area contributed by atoms with E-state index in [1.165, 1.54) is 22.3 Å². The zero-order chi connectivity index (χ0) is 33.4. The maximum atomic E-state index is 16.3. The van der Waals surface area contributed by atoms with Crippen molar-refractivity contribution >= 4 is 29.4 Å². The number of halogens is 1. The first-order chi connectivity index (χ1) is 23.1. The quantitative estimate of drug-likeness (QED) is 0.343. The Morgan fingerprint density at radius 2 is 1.67 bits per heavy atom. The van der Waals surface area contributed by atoms with E-state index >= 15 is 4.39 Å². The molecule has 0 aliphatic carbocycles. The number of amides is 3. The largest absolute Gasteiger partial charge is 0.371 e.